The third-order valence-electron chi connectivity index (χ3n) is 4.85. The molecule has 0 bridgehead atoms. The molecule has 0 unspecified atom stereocenters. The zero-order chi connectivity index (χ0) is 18.3. The van der Waals surface area contributed by atoms with E-state index < -0.39 is 11.2 Å². The lowest BCUT2D eigenvalue weighted by Gasteiger charge is -2.19. The average Bonchev–Trinajstić information content (AvgIpc) is 2.57. The van der Waals surface area contributed by atoms with Gasteiger partial charge < -0.3 is 0 Å². The average molecular weight is 343 g/mol. The first-order chi connectivity index (χ1) is 11.1. The second-order valence-corrected chi connectivity index (χ2v) is 7.05. The first kappa shape index (κ1) is 18.1. The van der Waals surface area contributed by atoms with E-state index in [2.05, 4.69) is 20.8 Å². The molecule has 0 fully saturated rings. The van der Waals surface area contributed by atoms with Gasteiger partial charge in [-0.1, -0.05) is 11.8 Å². The highest BCUT2D eigenvalue weighted by atomic mass is 32.2. The molecule has 24 heavy (non-hydrogen) atoms. The minimum Gasteiger partial charge on any atom is -0.290 e. The second kappa shape index (κ2) is 6.33. The Labute approximate surface area is 145 Å². The van der Waals surface area contributed by atoms with Crippen LogP contribution in [0.3, 0.4) is 0 Å². The molecule has 0 N–H and O–H groups in total. The zero-order valence-electron chi connectivity index (χ0n) is 15.1. The SMILES string of the molecule is Cc1c(C)c(C)c(Sc2c(C#N)c(=O)n(C)c(=O)n2C)c(C)c1C. The molecule has 1 heterocycles. The molecule has 0 atom stereocenters. The van der Waals surface area contributed by atoms with Crippen molar-refractivity contribution >= 4 is 11.8 Å². The van der Waals surface area contributed by atoms with E-state index in [-0.39, 0.29) is 5.56 Å². The molecular weight excluding hydrogens is 322 g/mol. The van der Waals surface area contributed by atoms with Gasteiger partial charge in [-0.3, -0.25) is 13.9 Å². The monoisotopic (exact) mass is 343 g/mol. The van der Waals surface area contributed by atoms with Crippen LogP contribution in [-0.2, 0) is 14.1 Å². The Morgan fingerprint density at radius 1 is 0.833 bits per heavy atom. The van der Waals surface area contributed by atoms with Gasteiger partial charge in [-0.2, -0.15) is 5.26 Å². The number of nitrogens with zero attached hydrogens (tertiary/aromatic N) is 3. The van der Waals surface area contributed by atoms with E-state index in [0.29, 0.717) is 5.03 Å². The molecule has 2 aromatic rings. The van der Waals surface area contributed by atoms with Gasteiger partial charge in [-0.25, -0.2) is 4.79 Å². The number of benzene rings is 1. The standard InChI is InChI=1S/C18H21N3O2S/c1-9-10(2)12(4)15(13(5)11(9)3)24-17-14(8-19)16(22)20(6)18(23)21(17)7/h1-7H3. The fourth-order valence-electron chi connectivity index (χ4n) is 2.76. The summed E-state index contributed by atoms with van der Waals surface area (Å²) in [5, 5.41) is 9.81. The van der Waals surface area contributed by atoms with Crippen LogP contribution in [0.25, 0.3) is 0 Å². The summed E-state index contributed by atoms with van der Waals surface area (Å²) in [5.41, 5.74) is 4.85. The third-order valence-corrected chi connectivity index (χ3v) is 6.34. The molecule has 1 aromatic carbocycles. The van der Waals surface area contributed by atoms with Crippen molar-refractivity contribution in [1.82, 2.24) is 9.13 Å². The first-order valence-electron chi connectivity index (χ1n) is 7.58. The van der Waals surface area contributed by atoms with Crippen molar-refractivity contribution in [3.05, 3.63) is 54.2 Å². The summed E-state index contributed by atoms with van der Waals surface area (Å²) in [7, 11) is 2.97. The van der Waals surface area contributed by atoms with Gasteiger partial charge in [0.25, 0.3) is 5.56 Å². The number of nitriles is 1. The first-order valence-corrected chi connectivity index (χ1v) is 8.40. The van der Waals surface area contributed by atoms with Crippen molar-refractivity contribution in [2.24, 2.45) is 14.1 Å². The summed E-state index contributed by atoms with van der Waals surface area (Å²) >= 11 is 1.32. The lowest BCUT2D eigenvalue weighted by atomic mass is 9.95. The summed E-state index contributed by atoms with van der Waals surface area (Å²) in [5.74, 6) is 0. The molecule has 1 aromatic heterocycles. The van der Waals surface area contributed by atoms with Gasteiger partial charge in [0.15, 0.2) is 0 Å². The molecule has 0 saturated carbocycles. The van der Waals surface area contributed by atoms with Crippen molar-refractivity contribution in [3.63, 3.8) is 0 Å². The van der Waals surface area contributed by atoms with Crippen LogP contribution in [0.2, 0.25) is 0 Å². The maximum Gasteiger partial charge on any atom is 0.331 e. The molecule has 0 spiro atoms. The van der Waals surface area contributed by atoms with Crippen LogP contribution < -0.4 is 11.2 Å². The molecule has 6 heteroatoms. The van der Waals surface area contributed by atoms with Gasteiger partial charge in [0.05, 0.1) is 0 Å². The van der Waals surface area contributed by atoms with Gasteiger partial charge in [0.2, 0.25) is 0 Å². The highest BCUT2D eigenvalue weighted by molar-refractivity contribution is 7.99. The van der Waals surface area contributed by atoms with Crippen molar-refractivity contribution in [2.75, 3.05) is 0 Å². The largest absolute Gasteiger partial charge is 0.331 e. The molecule has 0 aliphatic rings. The van der Waals surface area contributed by atoms with Gasteiger partial charge in [-0.05, 0) is 62.4 Å². The molecule has 0 aliphatic heterocycles. The van der Waals surface area contributed by atoms with Gasteiger partial charge >= 0.3 is 5.69 Å². The van der Waals surface area contributed by atoms with E-state index in [1.54, 1.807) is 7.05 Å². The topological polar surface area (TPSA) is 67.8 Å². The predicted octanol–water partition coefficient (Wildman–Crippen LogP) is 2.65. The Kier molecular flexibility index (Phi) is 4.77. The van der Waals surface area contributed by atoms with Crippen LogP contribution in [0.4, 0.5) is 0 Å². The quantitative estimate of drug-likeness (QED) is 0.786. The van der Waals surface area contributed by atoms with E-state index in [0.717, 1.165) is 20.6 Å². The van der Waals surface area contributed by atoms with E-state index in [4.69, 9.17) is 0 Å². The lowest BCUT2D eigenvalue weighted by molar-refractivity contribution is 0.631. The van der Waals surface area contributed by atoms with Crippen molar-refractivity contribution in [1.29, 1.82) is 5.26 Å². The van der Waals surface area contributed by atoms with Crippen LogP contribution in [0.5, 0.6) is 0 Å². The van der Waals surface area contributed by atoms with Crippen molar-refractivity contribution in [2.45, 2.75) is 44.5 Å². The zero-order valence-corrected chi connectivity index (χ0v) is 15.9. The number of hydrogen-bond donors (Lipinski definition) is 0. The van der Waals surface area contributed by atoms with Crippen LogP contribution in [0, 0.1) is 45.9 Å². The predicted molar refractivity (Wildman–Crippen MR) is 95.9 cm³/mol. The van der Waals surface area contributed by atoms with E-state index in [1.165, 1.54) is 40.1 Å². The smallest absolute Gasteiger partial charge is 0.290 e. The normalized spacial score (nSPS) is 10.8. The highest BCUT2D eigenvalue weighted by Gasteiger charge is 2.20. The number of aromatic nitrogens is 2. The molecule has 2 rings (SSSR count). The highest BCUT2D eigenvalue weighted by Crippen LogP contribution is 2.37. The molecule has 0 radical (unpaired) electrons. The Hall–Kier alpha value is -2.26. The summed E-state index contributed by atoms with van der Waals surface area (Å²) in [4.78, 5) is 25.5. The number of hydrogen-bond acceptors (Lipinski definition) is 4. The molecule has 5 nitrogen and oxygen atoms in total. The molecular formula is C18H21N3O2S. The Morgan fingerprint density at radius 3 is 1.75 bits per heavy atom. The third kappa shape index (κ3) is 2.59. The summed E-state index contributed by atoms with van der Waals surface area (Å²) < 4.78 is 2.34. The van der Waals surface area contributed by atoms with Gasteiger partial charge in [0.1, 0.15) is 16.7 Å². The van der Waals surface area contributed by atoms with Gasteiger partial charge in [-0.15, -0.1) is 0 Å². The van der Waals surface area contributed by atoms with Crippen LogP contribution >= 0.6 is 11.8 Å². The number of rotatable bonds is 2. The molecule has 0 saturated heterocycles. The fourth-order valence-corrected chi connectivity index (χ4v) is 4.01. The minimum absolute atomic E-state index is 0.000666. The van der Waals surface area contributed by atoms with Crippen LogP contribution in [0.1, 0.15) is 33.4 Å². The Balaban J connectivity index is 2.83. The van der Waals surface area contributed by atoms with Crippen molar-refractivity contribution in [3.8, 4) is 6.07 Å². The van der Waals surface area contributed by atoms with Crippen LogP contribution in [0.15, 0.2) is 19.5 Å². The van der Waals surface area contributed by atoms with E-state index in [9.17, 15) is 14.9 Å². The van der Waals surface area contributed by atoms with Crippen LogP contribution in [-0.4, -0.2) is 9.13 Å². The molecule has 0 aliphatic carbocycles. The lowest BCUT2D eigenvalue weighted by Crippen LogP contribution is -2.39. The fraction of sp³-hybridized carbons (Fsp3) is 0.389. The minimum atomic E-state index is -0.557. The van der Waals surface area contributed by atoms with Crippen molar-refractivity contribution < 1.29 is 0 Å². The Morgan fingerprint density at radius 2 is 1.29 bits per heavy atom. The summed E-state index contributed by atoms with van der Waals surface area (Å²) in [6.07, 6.45) is 0. The maximum absolute atomic E-state index is 12.3. The Bertz CT molecular complexity index is 978. The summed E-state index contributed by atoms with van der Waals surface area (Å²) in [6.45, 7) is 10.3. The van der Waals surface area contributed by atoms with E-state index in [1.807, 2.05) is 19.9 Å². The van der Waals surface area contributed by atoms with Gasteiger partial charge in [0, 0.05) is 19.0 Å². The maximum atomic E-state index is 12.3. The second-order valence-electron chi connectivity index (χ2n) is 6.05. The van der Waals surface area contributed by atoms with E-state index >= 15 is 0 Å². The molecule has 0 amide bonds. The molecule has 126 valence electrons. The summed E-state index contributed by atoms with van der Waals surface area (Å²) in [6, 6.07) is 1.96.